The van der Waals surface area contributed by atoms with E-state index in [4.69, 9.17) is 4.74 Å². The summed E-state index contributed by atoms with van der Waals surface area (Å²) in [6.07, 6.45) is 3.62. The summed E-state index contributed by atoms with van der Waals surface area (Å²) in [5.74, 6) is -0.230. The lowest BCUT2D eigenvalue weighted by Crippen LogP contribution is -2.24. The van der Waals surface area contributed by atoms with Crippen molar-refractivity contribution < 1.29 is 9.53 Å². The van der Waals surface area contributed by atoms with Crippen molar-refractivity contribution in [3.8, 4) is 0 Å². The minimum atomic E-state index is -0.444. The molecule has 4 heteroatoms. The van der Waals surface area contributed by atoms with Crippen LogP contribution in [0.25, 0.3) is 0 Å². The average molecular weight is 223 g/mol. The largest absolute Gasteiger partial charge is 0.460 e. The van der Waals surface area contributed by atoms with Crippen molar-refractivity contribution in [1.29, 1.82) is 0 Å². The Morgan fingerprint density at radius 1 is 1.31 bits per heavy atom. The van der Waals surface area contributed by atoms with Gasteiger partial charge in [-0.15, -0.1) is 0 Å². The first kappa shape index (κ1) is 12.5. The molecule has 0 aromatic carbocycles. The number of aryl methyl sites for hydroxylation is 1. The summed E-state index contributed by atoms with van der Waals surface area (Å²) in [4.78, 5) is 22.2. The Labute approximate surface area is 94.9 Å². The second-order valence-electron chi connectivity index (χ2n) is 4.61. The first-order chi connectivity index (χ1) is 7.37. The van der Waals surface area contributed by atoms with Crippen LogP contribution in [0.1, 0.15) is 27.2 Å². The predicted molar refractivity (Wildman–Crippen MR) is 61.2 cm³/mol. The van der Waals surface area contributed by atoms with Crippen molar-refractivity contribution in [1.82, 2.24) is 4.57 Å². The highest BCUT2D eigenvalue weighted by atomic mass is 16.6. The molecule has 0 unspecified atom stereocenters. The van der Waals surface area contributed by atoms with Crippen LogP contribution in [0.3, 0.4) is 0 Å². The van der Waals surface area contributed by atoms with Gasteiger partial charge in [-0.1, -0.05) is 0 Å². The Morgan fingerprint density at radius 2 is 1.88 bits per heavy atom. The maximum absolute atomic E-state index is 11.4. The lowest BCUT2D eigenvalue weighted by molar-refractivity contribution is -0.155. The first-order valence-corrected chi connectivity index (χ1v) is 5.25. The zero-order valence-electron chi connectivity index (χ0n) is 9.90. The minimum Gasteiger partial charge on any atom is -0.460 e. The van der Waals surface area contributed by atoms with Crippen molar-refractivity contribution in [2.24, 2.45) is 0 Å². The molecule has 0 atom stereocenters. The molecule has 0 fully saturated rings. The fourth-order valence-corrected chi connectivity index (χ4v) is 1.21. The quantitative estimate of drug-likeness (QED) is 0.731. The molecule has 1 aromatic rings. The molecule has 0 radical (unpaired) electrons. The van der Waals surface area contributed by atoms with Crippen molar-refractivity contribution in [3.63, 3.8) is 0 Å². The standard InChI is InChI=1S/C12H17NO3/c1-12(2,3)16-11(15)6-9-13-7-4-10(14)5-8-13/h4-5,7-8H,6,9H2,1-3H3. The van der Waals surface area contributed by atoms with Crippen LogP contribution in [0, 0.1) is 0 Å². The van der Waals surface area contributed by atoms with E-state index < -0.39 is 5.60 Å². The highest BCUT2D eigenvalue weighted by molar-refractivity contribution is 5.69. The highest BCUT2D eigenvalue weighted by Gasteiger charge is 2.15. The first-order valence-electron chi connectivity index (χ1n) is 5.25. The van der Waals surface area contributed by atoms with Gasteiger partial charge in [-0.25, -0.2) is 0 Å². The Hall–Kier alpha value is -1.58. The average Bonchev–Trinajstić information content (AvgIpc) is 2.14. The number of pyridine rings is 1. The lowest BCUT2D eigenvalue weighted by atomic mass is 10.2. The Balaban J connectivity index is 2.43. The molecule has 0 aliphatic carbocycles. The molecule has 0 aliphatic rings. The molecule has 0 amide bonds. The minimum absolute atomic E-state index is 0.0338. The molecule has 1 heterocycles. The Bertz CT molecular complexity index is 395. The van der Waals surface area contributed by atoms with Gasteiger partial charge in [-0.05, 0) is 20.8 Å². The number of carbonyl (C=O) groups excluding carboxylic acids is 1. The normalized spacial score (nSPS) is 11.2. The van der Waals surface area contributed by atoms with E-state index in [9.17, 15) is 9.59 Å². The van der Waals surface area contributed by atoms with E-state index >= 15 is 0 Å². The molecule has 1 aromatic heterocycles. The van der Waals surface area contributed by atoms with Crippen LogP contribution in [0.2, 0.25) is 0 Å². The number of rotatable bonds is 3. The number of esters is 1. The van der Waals surface area contributed by atoms with Gasteiger partial charge in [0, 0.05) is 31.1 Å². The monoisotopic (exact) mass is 223 g/mol. The van der Waals surface area contributed by atoms with Crippen LogP contribution in [-0.4, -0.2) is 16.1 Å². The second-order valence-corrected chi connectivity index (χ2v) is 4.61. The van der Waals surface area contributed by atoms with E-state index in [2.05, 4.69) is 0 Å². The fraction of sp³-hybridized carbons (Fsp3) is 0.500. The molecule has 16 heavy (non-hydrogen) atoms. The van der Waals surface area contributed by atoms with Crippen LogP contribution in [0.15, 0.2) is 29.3 Å². The van der Waals surface area contributed by atoms with Gasteiger partial charge in [0.1, 0.15) is 5.60 Å². The van der Waals surface area contributed by atoms with Crippen LogP contribution in [-0.2, 0) is 16.1 Å². The second kappa shape index (κ2) is 4.96. The van der Waals surface area contributed by atoms with Gasteiger partial charge in [0.15, 0.2) is 5.43 Å². The van der Waals surface area contributed by atoms with Gasteiger partial charge >= 0.3 is 5.97 Å². The number of aromatic nitrogens is 1. The predicted octanol–water partition coefficient (Wildman–Crippen LogP) is 1.58. The van der Waals surface area contributed by atoms with Crippen LogP contribution in [0.5, 0.6) is 0 Å². The summed E-state index contributed by atoms with van der Waals surface area (Å²) < 4.78 is 6.95. The number of carbonyl (C=O) groups is 1. The molecule has 0 aliphatic heterocycles. The topological polar surface area (TPSA) is 48.3 Å². The van der Waals surface area contributed by atoms with E-state index in [1.54, 1.807) is 17.0 Å². The van der Waals surface area contributed by atoms with Gasteiger partial charge in [0.2, 0.25) is 0 Å². The van der Waals surface area contributed by atoms with Crippen LogP contribution in [0.4, 0.5) is 0 Å². The zero-order valence-corrected chi connectivity index (χ0v) is 9.90. The summed E-state index contributed by atoms with van der Waals surface area (Å²) in [5, 5.41) is 0. The van der Waals surface area contributed by atoms with Crippen molar-refractivity contribution in [3.05, 3.63) is 34.7 Å². The zero-order chi connectivity index (χ0) is 12.2. The molecule has 0 spiro atoms. The Kier molecular flexibility index (Phi) is 3.88. The van der Waals surface area contributed by atoms with E-state index in [1.807, 2.05) is 20.8 Å². The SMILES string of the molecule is CC(C)(C)OC(=O)CCn1ccc(=O)cc1. The van der Waals surface area contributed by atoms with E-state index in [0.29, 0.717) is 13.0 Å². The molecule has 0 saturated carbocycles. The number of hydrogen-bond donors (Lipinski definition) is 0. The Morgan fingerprint density at radius 3 is 2.38 bits per heavy atom. The van der Waals surface area contributed by atoms with Crippen LogP contribution >= 0.6 is 0 Å². The number of hydrogen-bond acceptors (Lipinski definition) is 3. The summed E-state index contributed by atoms with van der Waals surface area (Å²) in [5.41, 5.74) is -0.478. The number of nitrogens with zero attached hydrogens (tertiary/aromatic N) is 1. The third-order valence-electron chi connectivity index (χ3n) is 1.85. The molecule has 1 rings (SSSR count). The molecular formula is C12H17NO3. The van der Waals surface area contributed by atoms with Crippen LogP contribution < -0.4 is 5.43 Å². The van der Waals surface area contributed by atoms with E-state index in [-0.39, 0.29) is 11.4 Å². The summed E-state index contributed by atoms with van der Waals surface area (Å²) in [6, 6.07) is 2.93. The molecule has 0 N–H and O–H groups in total. The van der Waals surface area contributed by atoms with Crippen molar-refractivity contribution in [2.75, 3.05) is 0 Å². The third-order valence-corrected chi connectivity index (χ3v) is 1.85. The number of ether oxygens (including phenoxy) is 1. The summed E-state index contributed by atoms with van der Waals surface area (Å²) in [6.45, 7) is 6.04. The summed E-state index contributed by atoms with van der Waals surface area (Å²) >= 11 is 0. The van der Waals surface area contributed by atoms with E-state index in [0.717, 1.165) is 0 Å². The van der Waals surface area contributed by atoms with Gasteiger partial charge < -0.3 is 9.30 Å². The van der Waals surface area contributed by atoms with Gasteiger partial charge in [-0.3, -0.25) is 9.59 Å². The van der Waals surface area contributed by atoms with Gasteiger partial charge in [0.05, 0.1) is 6.42 Å². The molecule has 4 nitrogen and oxygen atoms in total. The van der Waals surface area contributed by atoms with Crippen molar-refractivity contribution in [2.45, 2.75) is 39.3 Å². The summed E-state index contributed by atoms with van der Waals surface area (Å²) in [7, 11) is 0. The molecule has 0 saturated heterocycles. The third kappa shape index (κ3) is 4.77. The highest BCUT2D eigenvalue weighted by Crippen LogP contribution is 2.08. The molecule has 88 valence electrons. The van der Waals surface area contributed by atoms with E-state index in [1.165, 1.54) is 12.1 Å². The van der Waals surface area contributed by atoms with Gasteiger partial charge in [0.25, 0.3) is 0 Å². The van der Waals surface area contributed by atoms with Crippen molar-refractivity contribution >= 4 is 5.97 Å². The molecular weight excluding hydrogens is 206 g/mol. The lowest BCUT2D eigenvalue weighted by Gasteiger charge is -2.19. The molecule has 0 bridgehead atoms. The maximum Gasteiger partial charge on any atom is 0.308 e. The van der Waals surface area contributed by atoms with Gasteiger partial charge in [-0.2, -0.15) is 0 Å². The maximum atomic E-state index is 11.4. The smallest absolute Gasteiger partial charge is 0.308 e. The fourth-order valence-electron chi connectivity index (χ4n) is 1.21.